The zero-order chi connectivity index (χ0) is 12.4. The Hall–Kier alpha value is -1.21. The molecule has 2 aromatic rings. The average molecular weight is 249 g/mol. The first-order chi connectivity index (χ1) is 8.06. The first kappa shape index (κ1) is 12.3. The minimum Gasteiger partial charge on any atom is -0.465 e. The molecule has 0 saturated heterocycles. The molecule has 0 saturated carbocycles. The van der Waals surface area contributed by atoms with Gasteiger partial charge < -0.3 is 4.42 Å². The maximum Gasteiger partial charge on any atom is 0.122 e. The van der Waals surface area contributed by atoms with Crippen LogP contribution in [0.25, 0.3) is 0 Å². The van der Waals surface area contributed by atoms with E-state index < -0.39 is 0 Å². The molecule has 0 aliphatic heterocycles. The van der Waals surface area contributed by atoms with E-state index in [0.29, 0.717) is 0 Å². The fourth-order valence-electron chi connectivity index (χ4n) is 1.86. The molecule has 0 fully saturated rings. The number of furan rings is 1. The van der Waals surface area contributed by atoms with Crippen LogP contribution in [0, 0.1) is 20.8 Å². The Morgan fingerprint density at radius 2 is 1.82 bits per heavy atom. The molecule has 2 heteroatoms. The number of hydrogen-bond acceptors (Lipinski definition) is 1. The summed E-state index contributed by atoms with van der Waals surface area (Å²) >= 11 is 6.35. The Labute approximate surface area is 107 Å². The Morgan fingerprint density at radius 3 is 2.41 bits per heavy atom. The van der Waals surface area contributed by atoms with Gasteiger partial charge in [0.2, 0.25) is 0 Å². The van der Waals surface area contributed by atoms with Crippen LogP contribution in [0.15, 0.2) is 34.7 Å². The molecule has 0 aliphatic carbocycles. The Bertz CT molecular complexity index is 513. The second-order valence-electron chi connectivity index (χ2n) is 4.54. The van der Waals surface area contributed by atoms with Crippen LogP contribution >= 0.6 is 11.6 Å². The van der Waals surface area contributed by atoms with Gasteiger partial charge in [0.05, 0.1) is 5.38 Å². The van der Waals surface area contributed by atoms with E-state index in [9.17, 15) is 0 Å². The molecule has 0 radical (unpaired) electrons. The van der Waals surface area contributed by atoms with Crippen LogP contribution in [0.4, 0.5) is 0 Å². The van der Waals surface area contributed by atoms with Crippen LogP contribution in [0.3, 0.4) is 0 Å². The van der Waals surface area contributed by atoms with Crippen LogP contribution in [0.5, 0.6) is 0 Å². The van der Waals surface area contributed by atoms with Gasteiger partial charge in [-0.1, -0.05) is 18.2 Å². The minimum absolute atomic E-state index is 0.0918. The summed E-state index contributed by atoms with van der Waals surface area (Å²) in [5, 5.41) is -0.0918. The number of rotatable bonds is 3. The van der Waals surface area contributed by atoms with Crippen molar-refractivity contribution in [1.29, 1.82) is 0 Å². The highest BCUT2D eigenvalue weighted by molar-refractivity contribution is 6.20. The number of benzene rings is 1. The first-order valence-electron chi connectivity index (χ1n) is 5.83. The quantitative estimate of drug-likeness (QED) is 0.716. The maximum atomic E-state index is 6.35. The molecular weight excluding hydrogens is 232 g/mol. The molecule has 0 spiro atoms. The van der Waals surface area contributed by atoms with Gasteiger partial charge in [-0.25, -0.2) is 0 Å². The van der Waals surface area contributed by atoms with E-state index in [4.69, 9.17) is 16.0 Å². The van der Waals surface area contributed by atoms with Crippen LogP contribution in [0.1, 0.15) is 33.6 Å². The van der Waals surface area contributed by atoms with Crippen LogP contribution in [-0.2, 0) is 6.42 Å². The predicted octanol–water partition coefficient (Wildman–Crippen LogP) is 4.73. The van der Waals surface area contributed by atoms with Gasteiger partial charge in [0.1, 0.15) is 11.5 Å². The number of halogens is 1. The molecule has 0 bridgehead atoms. The lowest BCUT2D eigenvalue weighted by molar-refractivity contribution is 0.477. The lowest BCUT2D eigenvalue weighted by atomic mass is 10.0. The van der Waals surface area contributed by atoms with Crippen LogP contribution in [0.2, 0.25) is 0 Å². The maximum absolute atomic E-state index is 6.35. The summed E-state index contributed by atoms with van der Waals surface area (Å²) in [5.74, 6) is 1.76. The zero-order valence-electron chi connectivity index (χ0n) is 10.5. The van der Waals surface area contributed by atoms with Crippen LogP contribution < -0.4 is 0 Å². The zero-order valence-corrected chi connectivity index (χ0v) is 11.2. The molecule has 0 N–H and O–H groups in total. The van der Waals surface area contributed by atoms with Crippen molar-refractivity contribution in [2.75, 3.05) is 0 Å². The van der Waals surface area contributed by atoms with Crippen molar-refractivity contribution in [3.63, 3.8) is 0 Å². The van der Waals surface area contributed by atoms with E-state index in [1.54, 1.807) is 0 Å². The van der Waals surface area contributed by atoms with Crippen molar-refractivity contribution >= 4 is 11.6 Å². The molecule has 0 aliphatic rings. The molecule has 17 heavy (non-hydrogen) atoms. The van der Waals surface area contributed by atoms with Crippen molar-refractivity contribution < 1.29 is 4.42 Å². The Balaban J connectivity index is 2.12. The highest BCUT2D eigenvalue weighted by atomic mass is 35.5. The smallest absolute Gasteiger partial charge is 0.122 e. The molecule has 1 aromatic carbocycles. The second kappa shape index (κ2) is 4.97. The molecule has 1 nitrogen and oxygen atoms in total. The number of alkyl halides is 1. The summed E-state index contributed by atoms with van der Waals surface area (Å²) in [7, 11) is 0. The predicted molar refractivity (Wildman–Crippen MR) is 71.7 cm³/mol. The standard InChI is InChI=1S/C15H17ClO/c1-10-4-6-13(8-11(10)2)9-14(16)15-7-5-12(3)17-15/h4-8,14H,9H2,1-3H3. The van der Waals surface area contributed by atoms with E-state index in [1.807, 2.05) is 19.1 Å². The van der Waals surface area contributed by atoms with Crippen molar-refractivity contribution in [2.24, 2.45) is 0 Å². The van der Waals surface area contributed by atoms with Gasteiger partial charge in [-0.15, -0.1) is 11.6 Å². The van der Waals surface area contributed by atoms with Gasteiger partial charge in [-0.3, -0.25) is 0 Å². The summed E-state index contributed by atoms with van der Waals surface area (Å²) in [6.45, 7) is 6.18. The normalized spacial score (nSPS) is 12.7. The third-order valence-corrected chi connectivity index (χ3v) is 3.43. The van der Waals surface area contributed by atoms with Crippen molar-refractivity contribution in [3.05, 3.63) is 58.5 Å². The Morgan fingerprint density at radius 1 is 1.06 bits per heavy atom. The molecule has 1 heterocycles. The third-order valence-electron chi connectivity index (χ3n) is 3.06. The lowest BCUT2D eigenvalue weighted by Crippen LogP contribution is -1.95. The van der Waals surface area contributed by atoms with Crippen molar-refractivity contribution in [1.82, 2.24) is 0 Å². The SMILES string of the molecule is Cc1ccc(C(Cl)Cc2ccc(C)c(C)c2)o1. The summed E-state index contributed by atoms with van der Waals surface area (Å²) in [5.41, 5.74) is 3.87. The Kier molecular flexibility index (Phi) is 3.58. The molecule has 1 unspecified atom stereocenters. The number of hydrogen-bond donors (Lipinski definition) is 0. The van der Waals surface area contributed by atoms with Gasteiger partial charge >= 0.3 is 0 Å². The van der Waals surface area contributed by atoms with Gasteiger partial charge in [0.15, 0.2) is 0 Å². The molecular formula is C15H17ClO. The van der Waals surface area contributed by atoms with E-state index >= 15 is 0 Å². The molecule has 90 valence electrons. The van der Waals surface area contributed by atoms with Gasteiger partial charge in [0.25, 0.3) is 0 Å². The van der Waals surface area contributed by atoms with E-state index in [0.717, 1.165) is 17.9 Å². The highest BCUT2D eigenvalue weighted by Crippen LogP contribution is 2.27. The first-order valence-corrected chi connectivity index (χ1v) is 6.26. The van der Waals surface area contributed by atoms with Gasteiger partial charge in [-0.2, -0.15) is 0 Å². The van der Waals surface area contributed by atoms with Gasteiger partial charge in [-0.05, 0) is 56.0 Å². The average Bonchev–Trinajstić information content (AvgIpc) is 2.70. The highest BCUT2D eigenvalue weighted by Gasteiger charge is 2.12. The summed E-state index contributed by atoms with van der Waals surface area (Å²) in [6, 6.07) is 10.4. The topological polar surface area (TPSA) is 13.1 Å². The van der Waals surface area contributed by atoms with Crippen molar-refractivity contribution in [3.8, 4) is 0 Å². The monoisotopic (exact) mass is 248 g/mol. The fraction of sp³-hybridized carbons (Fsp3) is 0.333. The molecule has 0 amide bonds. The molecule has 2 rings (SSSR count). The summed E-state index contributed by atoms with van der Waals surface area (Å²) in [4.78, 5) is 0. The van der Waals surface area contributed by atoms with Gasteiger partial charge in [0, 0.05) is 0 Å². The fourth-order valence-corrected chi connectivity index (χ4v) is 2.16. The molecule has 1 aromatic heterocycles. The minimum atomic E-state index is -0.0918. The van der Waals surface area contributed by atoms with E-state index in [1.165, 1.54) is 16.7 Å². The summed E-state index contributed by atoms with van der Waals surface area (Å²) in [6.07, 6.45) is 0.801. The van der Waals surface area contributed by atoms with E-state index in [2.05, 4.69) is 32.0 Å². The van der Waals surface area contributed by atoms with Crippen LogP contribution in [-0.4, -0.2) is 0 Å². The lowest BCUT2D eigenvalue weighted by Gasteiger charge is -2.08. The number of aryl methyl sites for hydroxylation is 3. The van der Waals surface area contributed by atoms with E-state index in [-0.39, 0.29) is 5.38 Å². The molecule has 1 atom stereocenters. The third kappa shape index (κ3) is 2.92. The largest absolute Gasteiger partial charge is 0.465 e. The summed E-state index contributed by atoms with van der Waals surface area (Å²) < 4.78 is 5.54. The van der Waals surface area contributed by atoms with Crippen molar-refractivity contribution in [2.45, 2.75) is 32.6 Å². The second-order valence-corrected chi connectivity index (χ2v) is 5.07.